The third-order valence-corrected chi connectivity index (χ3v) is 4.62. The third-order valence-electron chi connectivity index (χ3n) is 4.62. The molecule has 0 amide bonds. The fourth-order valence-electron chi connectivity index (χ4n) is 2.76. The number of nitrogens with zero attached hydrogens (tertiary/aromatic N) is 1. The molecule has 24 heavy (non-hydrogen) atoms. The number of hydrogen-bond acceptors (Lipinski definition) is 3. The Kier molecular flexibility index (Phi) is 4.58. The Bertz CT molecular complexity index is 897. The molecule has 3 rings (SSSR count). The molecule has 126 valence electrons. The van der Waals surface area contributed by atoms with Gasteiger partial charge >= 0.3 is 0 Å². The van der Waals surface area contributed by atoms with E-state index in [0.29, 0.717) is 22.2 Å². The number of rotatable bonds is 5. The number of nitrogens with one attached hydrogen (secondary N) is 1. The van der Waals surface area contributed by atoms with Gasteiger partial charge in [-0.05, 0) is 43.4 Å². The maximum atomic E-state index is 12.6. The fraction of sp³-hybridized carbons (Fsp3) is 0.350. The van der Waals surface area contributed by atoms with E-state index in [1.165, 1.54) is 5.56 Å². The highest BCUT2D eigenvalue weighted by atomic mass is 16.7. The second-order valence-electron chi connectivity index (χ2n) is 6.38. The second-order valence-corrected chi connectivity index (χ2v) is 6.38. The molecule has 0 bridgehead atoms. The number of benzene rings is 1. The SMILES string of the molecule is C=c1/c(=C\C)c(=O)c(NOC2CC2C)cn1-c1ccc(CC)cc1. The average molecular weight is 324 g/mol. The topological polar surface area (TPSA) is 43.3 Å². The number of pyridine rings is 1. The first-order chi connectivity index (χ1) is 11.5. The molecule has 1 saturated carbocycles. The molecule has 1 fully saturated rings. The Labute approximate surface area is 142 Å². The minimum Gasteiger partial charge on any atom is -0.315 e. The molecule has 1 aromatic carbocycles. The van der Waals surface area contributed by atoms with Crippen molar-refractivity contribution >= 4 is 18.3 Å². The number of anilines is 1. The molecule has 1 N–H and O–H groups in total. The number of aryl methyl sites for hydroxylation is 1. The predicted molar refractivity (Wildman–Crippen MR) is 98.6 cm³/mol. The minimum absolute atomic E-state index is 0.0859. The van der Waals surface area contributed by atoms with E-state index in [2.05, 4.69) is 38.0 Å². The Morgan fingerprint density at radius 2 is 2.04 bits per heavy atom. The summed E-state index contributed by atoms with van der Waals surface area (Å²) >= 11 is 0. The van der Waals surface area contributed by atoms with Crippen molar-refractivity contribution in [2.75, 3.05) is 5.48 Å². The molecule has 4 nitrogen and oxygen atoms in total. The fourth-order valence-corrected chi connectivity index (χ4v) is 2.76. The highest BCUT2D eigenvalue weighted by Gasteiger charge is 2.34. The van der Waals surface area contributed by atoms with Gasteiger partial charge in [-0.15, -0.1) is 0 Å². The summed E-state index contributed by atoms with van der Waals surface area (Å²) < 4.78 is 1.93. The number of hydrogen-bond donors (Lipinski definition) is 1. The van der Waals surface area contributed by atoms with Gasteiger partial charge in [-0.1, -0.05) is 38.6 Å². The van der Waals surface area contributed by atoms with Crippen molar-refractivity contribution in [2.45, 2.75) is 39.7 Å². The van der Waals surface area contributed by atoms with E-state index in [0.717, 1.165) is 18.5 Å². The summed E-state index contributed by atoms with van der Waals surface area (Å²) in [5.74, 6) is 0.547. The highest BCUT2D eigenvalue weighted by molar-refractivity contribution is 5.46. The van der Waals surface area contributed by atoms with Crippen LogP contribution in [0.2, 0.25) is 0 Å². The maximum Gasteiger partial charge on any atom is 0.214 e. The Hall–Kier alpha value is -2.33. The lowest BCUT2D eigenvalue weighted by Crippen LogP contribution is -2.44. The van der Waals surface area contributed by atoms with Crippen LogP contribution < -0.4 is 21.5 Å². The van der Waals surface area contributed by atoms with Crippen molar-refractivity contribution < 1.29 is 4.84 Å². The van der Waals surface area contributed by atoms with Crippen LogP contribution in [0.1, 0.15) is 32.8 Å². The van der Waals surface area contributed by atoms with E-state index in [4.69, 9.17) is 4.84 Å². The lowest BCUT2D eigenvalue weighted by atomic mass is 10.1. The van der Waals surface area contributed by atoms with Gasteiger partial charge < -0.3 is 4.57 Å². The molecular weight excluding hydrogens is 300 g/mol. The zero-order valence-corrected chi connectivity index (χ0v) is 14.5. The summed E-state index contributed by atoms with van der Waals surface area (Å²) in [6, 6.07) is 8.28. The molecule has 0 radical (unpaired) electrons. The van der Waals surface area contributed by atoms with Crippen LogP contribution in [0.25, 0.3) is 18.3 Å². The molecule has 1 aliphatic rings. The molecule has 0 spiro atoms. The van der Waals surface area contributed by atoms with Crippen molar-refractivity contribution in [2.24, 2.45) is 5.92 Å². The molecule has 1 aliphatic carbocycles. The smallest absolute Gasteiger partial charge is 0.214 e. The summed E-state index contributed by atoms with van der Waals surface area (Å²) in [7, 11) is 0. The van der Waals surface area contributed by atoms with E-state index in [1.54, 1.807) is 12.3 Å². The van der Waals surface area contributed by atoms with E-state index in [-0.39, 0.29) is 11.5 Å². The first-order valence-corrected chi connectivity index (χ1v) is 8.47. The predicted octanol–water partition coefficient (Wildman–Crippen LogP) is 2.36. The van der Waals surface area contributed by atoms with Crippen molar-refractivity contribution in [3.05, 3.63) is 56.8 Å². The molecule has 4 heteroatoms. The third kappa shape index (κ3) is 3.15. The molecule has 2 unspecified atom stereocenters. The molecule has 0 aliphatic heterocycles. The summed E-state index contributed by atoms with van der Waals surface area (Å²) in [5.41, 5.74) is 5.46. The standard InChI is InChI=1S/C20H24N2O2/c1-5-15-7-9-16(10-8-15)22-12-18(21-24-19-11-13(19)3)20(23)17(6-2)14(22)4/h6-10,12-13,19,21H,4-5,11H2,1-3H3/b17-6+. The zero-order chi connectivity index (χ0) is 17.3. The number of aromatic nitrogens is 1. The Morgan fingerprint density at radius 1 is 1.38 bits per heavy atom. The van der Waals surface area contributed by atoms with Gasteiger partial charge in [0.1, 0.15) is 5.69 Å². The maximum absolute atomic E-state index is 12.6. The second kappa shape index (κ2) is 6.65. The van der Waals surface area contributed by atoms with E-state index >= 15 is 0 Å². The Balaban J connectivity index is 2.04. The molecule has 1 heterocycles. The van der Waals surface area contributed by atoms with Gasteiger partial charge in [-0.2, -0.15) is 0 Å². The van der Waals surface area contributed by atoms with Crippen molar-refractivity contribution in [3.63, 3.8) is 0 Å². The molecule has 0 saturated heterocycles. The van der Waals surface area contributed by atoms with Crippen molar-refractivity contribution in [3.8, 4) is 5.69 Å². The molecular formula is C20H24N2O2. The van der Waals surface area contributed by atoms with Crippen molar-refractivity contribution in [1.29, 1.82) is 0 Å². The quantitative estimate of drug-likeness (QED) is 0.859. The van der Waals surface area contributed by atoms with Gasteiger partial charge in [0.15, 0.2) is 0 Å². The van der Waals surface area contributed by atoms with E-state index in [1.807, 2.05) is 23.6 Å². The molecule has 1 aromatic heterocycles. The van der Waals surface area contributed by atoms with Crippen molar-refractivity contribution in [1.82, 2.24) is 4.57 Å². The summed E-state index contributed by atoms with van der Waals surface area (Å²) in [5, 5.41) is 1.27. The van der Waals surface area contributed by atoms with Crippen LogP contribution in [0.3, 0.4) is 0 Å². The Morgan fingerprint density at radius 3 is 2.58 bits per heavy atom. The summed E-state index contributed by atoms with van der Waals surface area (Å²) in [6.45, 7) is 10.2. The average Bonchev–Trinajstić information content (AvgIpc) is 3.30. The first kappa shape index (κ1) is 16.5. The van der Waals surface area contributed by atoms with Crippen LogP contribution in [0, 0.1) is 5.92 Å². The molecule has 2 aromatic rings. The van der Waals surface area contributed by atoms with E-state index < -0.39 is 0 Å². The normalized spacial score (nSPS) is 20.2. The lowest BCUT2D eigenvalue weighted by molar-refractivity contribution is 0.167. The van der Waals surface area contributed by atoms with Gasteiger partial charge in [0.25, 0.3) is 0 Å². The van der Waals surface area contributed by atoms with Crippen LogP contribution in [-0.2, 0) is 11.3 Å². The van der Waals surface area contributed by atoms with Crippen LogP contribution in [-0.4, -0.2) is 10.7 Å². The lowest BCUT2D eigenvalue weighted by Gasteiger charge is -2.13. The van der Waals surface area contributed by atoms with Crippen LogP contribution >= 0.6 is 0 Å². The van der Waals surface area contributed by atoms with E-state index in [9.17, 15) is 4.79 Å². The van der Waals surface area contributed by atoms with Crippen LogP contribution in [0.15, 0.2) is 35.3 Å². The zero-order valence-electron chi connectivity index (χ0n) is 14.5. The minimum atomic E-state index is -0.0859. The summed E-state index contributed by atoms with van der Waals surface area (Å²) in [4.78, 5) is 18.2. The van der Waals surface area contributed by atoms with Gasteiger partial charge in [0.2, 0.25) is 5.43 Å². The van der Waals surface area contributed by atoms with Gasteiger partial charge in [0, 0.05) is 22.5 Å². The largest absolute Gasteiger partial charge is 0.315 e. The van der Waals surface area contributed by atoms with Crippen LogP contribution in [0.4, 0.5) is 5.69 Å². The summed E-state index contributed by atoms with van der Waals surface area (Å²) in [6.07, 6.45) is 5.78. The van der Waals surface area contributed by atoms with Crippen LogP contribution in [0.5, 0.6) is 0 Å². The first-order valence-electron chi connectivity index (χ1n) is 8.47. The van der Waals surface area contributed by atoms with Gasteiger partial charge in [0.05, 0.1) is 6.10 Å². The molecule has 2 atom stereocenters. The van der Waals surface area contributed by atoms with Gasteiger partial charge in [-0.3, -0.25) is 15.1 Å². The van der Waals surface area contributed by atoms with Gasteiger partial charge in [-0.25, -0.2) is 0 Å². The monoisotopic (exact) mass is 324 g/mol. The highest BCUT2D eigenvalue weighted by Crippen LogP contribution is 2.32.